The van der Waals surface area contributed by atoms with Gasteiger partial charge in [-0.1, -0.05) is 93.9 Å². The van der Waals surface area contributed by atoms with E-state index in [-0.39, 0.29) is 20.1 Å². The van der Waals surface area contributed by atoms with Crippen LogP contribution >= 0.6 is 0 Å². The van der Waals surface area contributed by atoms with Crippen LogP contribution in [0.15, 0.2) is 83.5 Å². The first-order valence-electron chi connectivity index (χ1n) is 20.4. The summed E-state index contributed by atoms with van der Waals surface area (Å²) in [5, 5.41) is 3.50. The minimum absolute atomic E-state index is 0. The molecule has 1 saturated carbocycles. The smallest absolute Gasteiger partial charge is 0.216 e. The van der Waals surface area contributed by atoms with Crippen LogP contribution in [0.5, 0.6) is 0 Å². The van der Waals surface area contributed by atoms with E-state index < -0.39 is 8.07 Å². The first-order chi connectivity index (χ1) is 26.9. The summed E-state index contributed by atoms with van der Waals surface area (Å²) in [5.41, 5.74) is 11.7. The summed E-state index contributed by atoms with van der Waals surface area (Å²) in [4.78, 5) is 23.4. The molecule has 1 aliphatic carbocycles. The molecule has 0 N–H and O–H groups in total. The Bertz CT molecular complexity index is 2440. The molecule has 1 aliphatic rings. The van der Waals surface area contributed by atoms with E-state index in [0.717, 1.165) is 79.7 Å². The van der Waals surface area contributed by atoms with Crippen molar-refractivity contribution in [3.8, 4) is 33.8 Å². The zero-order chi connectivity index (χ0) is 39.6. The Kier molecular flexibility index (Phi) is 13.4. The zero-order valence-corrected chi connectivity index (χ0v) is 38.4. The number of nitrogens with zero attached hydrogens (tertiary/aromatic N) is 5. The maximum atomic E-state index is 6.40. The number of pyridine rings is 3. The summed E-state index contributed by atoms with van der Waals surface area (Å²) in [6, 6.07) is 29.5. The van der Waals surface area contributed by atoms with Crippen molar-refractivity contribution in [2.24, 2.45) is 11.8 Å². The molecule has 1 fully saturated rings. The molecule has 0 saturated heterocycles. The molecule has 5 aromatic heterocycles. The first-order valence-corrected chi connectivity index (χ1v) is 23.9. The van der Waals surface area contributed by atoms with Crippen LogP contribution in [0.25, 0.3) is 55.8 Å². The molecule has 57 heavy (non-hydrogen) atoms. The van der Waals surface area contributed by atoms with Crippen LogP contribution in [0.2, 0.25) is 19.6 Å². The molecular weight excluding hydrogens is 895 g/mol. The second kappa shape index (κ2) is 18.1. The van der Waals surface area contributed by atoms with Crippen molar-refractivity contribution >= 4 is 35.3 Å². The first kappa shape index (κ1) is 42.2. The van der Waals surface area contributed by atoms with E-state index in [1.54, 1.807) is 0 Å². The molecule has 1 atom stereocenters. The SMILES string of the molecule is CC(C)Cc1cc(-c2[c-]cccc2)ncc1[Si](C)(C)C.Cc1nc(C)c(-c2ccc3c(n2)oc2c(-c4cc(C(C)C5CCCCC5)ccn4)[c-]ccc23)c(C)n1.[Ir]. The van der Waals surface area contributed by atoms with Gasteiger partial charge in [0.25, 0.3) is 0 Å². The summed E-state index contributed by atoms with van der Waals surface area (Å²) in [7, 11) is -1.34. The quantitative estimate of drug-likeness (QED) is 0.112. The zero-order valence-electron chi connectivity index (χ0n) is 35.0. The van der Waals surface area contributed by atoms with Gasteiger partial charge in [0, 0.05) is 43.4 Å². The second-order valence-electron chi connectivity index (χ2n) is 17.1. The van der Waals surface area contributed by atoms with E-state index in [0.29, 0.717) is 17.5 Å². The molecule has 0 spiro atoms. The van der Waals surface area contributed by atoms with Crippen molar-refractivity contribution in [1.29, 1.82) is 0 Å². The number of fused-ring (bicyclic) bond motifs is 3. The fourth-order valence-corrected chi connectivity index (χ4v) is 10.1. The second-order valence-corrected chi connectivity index (χ2v) is 22.1. The average Bonchev–Trinajstić information content (AvgIpc) is 3.56. The Morgan fingerprint density at radius 3 is 2.21 bits per heavy atom. The Hall–Kier alpha value is -4.36. The van der Waals surface area contributed by atoms with E-state index in [2.05, 4.69) is 104 Å². The fraction of sp³-hybridized carbons (Fsp3) is 0.367. The van der Waals surface area contributed by atoms with Crippen LogP contribution in [-0.4, -0.2) is 33.0 Å². The minimum Gasteiger partial charge on any atom is -0.486 e. The number of hydrogen-bond donors (Lipinski definition) is 0. The summed E-state index contributed by atoms with van der Waals surface area (Å²) in [5.74, 6) is 2.71. The maximum Gasteiger partial charge on any atom is 0.216 e. The van der Waals surface area contributed by atoms with Gasteiger partial charge in [-0.05, 0) is 92.6 Å². The van der Waals surface area contributed by atoms with Crippen molar-refractivity contribution in [2.75, 3.05) is 0 Å². The largest absolute Gasteiger partial charge is 0.486 e. The maximum absolute atomic E-state index is 6.40. The molecule has 8 rings (SSSR count). The monoisotopic (exact) mass is 950 g/mol. The molecule has 2 aromatic carbocycles. The number of aromatic nitrogens is 5. The number of furan rings is 1. The van der Waals surface area contributed by atoms with E-state index in [1.807, 2.05) is 63.4 Å². The van der Waals surface area contributed by atoms with Crippen molar-refractivity contribution < 1.29 is 24.5 Å². The summed E-state index contributed by atoms with van der Waals surface area (Å²) >= 11 is 0. The molecule has 5 heterocycles. The summed E-state index contributed by atoms with van der Waals surface area (Å²) < 4.78 is 6.40. The predicted molar refractivity (Wildman–Crippen MR) is 234 cm³/mol. The Labute approximate surface area is 353 Å². The summed E-state index contributed by atoms with van der Waals surface area (Å²) in [6.45, 7) is 20.0. The molecule has 1 unspecified atom stereocenters. The topological polar surface area (TPSA) is 77.6 Å². The van der Waals surface area contributed by atoms with Crippen molar-refractivity contribution in [3.63, 3.8) is 0 Å². The minimum atomic E-state index is -1.34. The molecule has 297 valence electrons. The van der Waals surface area contributed by atoms with Crippen molar-refractivity contribution in [2.45, 2.75) is 106 Å². The van der Waals surface area contributed by atoms with Gasteiger partial charge in [0.05, 0.1) is 30.7 Å². The Morgan fingerprint density at radius 2 is 1.53 bits per heavy atom. The third-order valence-corrected chi connectivity index (χ3v) is 13.3. The number of hydrogen-bond acceptors (Lipinski definition) is 6. The van der Waals surface area contributed by atoms with Gasteiger partial charge in [-0.25, -0.2) is 15.0 Å². The molecular formula is C49H55IrN5OSi-2. The molecule has 0 bridgehead atoms. The normalized spacial score (nSPS) is 14.0. The van der Waals surface area contributed by atoms with E-state index in [9.17, 15) is 0 Å². The van der Waals surface area contributed by atoms with Crippen LogP contribution in [-0.2, 0) is 26.5 Å². The summed E-state index contributed by atoms with van der Waals surface area (Å²) in [6.07, 6.45) is 11.9. The van der Waals surface area contributed by atoms with Gasteiger partial charge in [0.15, 0.2) is 0 Å². The van der Waals surface area contributed by atoms with Crippen LogP contribution in [0.4, 0.5) is 0 Å². The van der Waals surface area contributed by atoms with E-state index in [1.165, 1.54) is 48.4 Å². The van der Waals surface area contributed by atoms with E-state index >= 15 is 0 Å². The van der Waals surface area contributed by atoms with Crippen LogP contribution < -0.4 is 5.19 Å². The van der Waals surface area contributed by atoms with Crippen molar-refractivity contribution in [1.82, 2.24) is 24.9 Å². The van der Waals surface area contributed by atoms with Crippen LogP contribution in [0.1, 0.15) is 87.1 Å². The van der Waals surface area contributed by atoms with Gasteiger partial charge in [-0.3, -0.25) is 0 Å². The standard InChI is InChI=1S/C31H31N4O.C18H24NSi.Ir/c1-18(22-9-6-5-7-10-22)23-15-16-32-28(17-23)26-12-8-11-24-25-13-14-27(35-31(25)36-30(24)26)29-19(2)33-21(4)34-20(29)3;1-14(2)11-16-12-17(15-9-7-6-8-10-15)19-13-18(16)20(3,4)5;/h8,11,13-18,22H,5-7,9-10H2,1-4H3;6-9,12-14H,11H2,1-5H3;/q2*-1;. The number of rotatable bonds is 8. The molecule has 0 amide bonds. The third kappa shape index (κ3) is 9.51. The predicted octanol–water partition coefficient (Wildman–Crippen LogP) is 12.2. The van der Waals surface area contributed by atoms with Crippen LogP contribution in [0, 0.1) is 44.7 Å². The fourth-order valence-electron chi connectivity index (χ4n) is 8.46. The molecule has 0 aliphatic heterocycles. The Morgan fingerprint density at radius 1 is 0.772 bits per heavy atom. The average molecular weight is 950 g/mol. The van der Waals surface area contributed by atoms with Crippen molar-refractivity contribution in [3.05, 3.63) is 120 Å². The Balaban J connectivity index is 0.000000223. The van der Waals surface area contributed by atoms with Gasteiger partial charge in [0.1, 0.15) is 5.82 Å². The van der Waals surface area contributed by atoms with Gasteiger partial charge >= 0.3 is 0 Å². The van der Waals surface area contributed by atoms with Gasteiger partial charge < -0.3 is 14.4 Å². The van der Waals surface area contributed by atoms with Crippen LogP contribution in [0.3, 0.4) is 0 Å². The number of benzene rings is 2. The number of aryl methyl sites for hydroxylation is 3. The van der Waals surface area contributed by atoms with E-state index in [4.69, 9.17) is 14.4 Å². The molecule has 1 radical (unpaired) electrons. The molecule has 7 aromatic rings. The molecule has 6 nitrogen and oxygen atoms in total. The van der Waals surface area contributed by atoms with Gasteiger partial charge in [-0.2, -0.15) is 0 Å². The third-order valence-electron chi connectivity index (χ3n) is 11.3. The van der Waals surface area contributed by atoms with Gasteiger partial charge in [0.2, 0.25) is 5.71 Å². The van der Waals surface area contributed by atoms with Gasteiger partial charge in [-0.15, -0.1) is 54.1 Å². The molecule has 8 heteroatoms.